The first-order valence-electron chi connectivity index (χ1n) is 8.14. The van der Waals surface area contributed by atoms with Gasteiger partial charge in [-0.15, -0.1) is 0 Å². The summed E-state index contributed by atoms with van der Waals surface area (Å²) in [6.45, 7) is 10.6. The molecule has 3 aromatic rings. The predicted molar refractivity (Wildman–Crippen MR) is 97.2 cm³/mol. The van der Waals surface area contributed by atoms with Crippen molar-refractivity contribution in [2.45, 2.75) is 40.0 Å². The van der Waals surface area contributed by atoms with Crippen molar-refractivity contribution in [2.75, 3.05) is 0 Å². The van der Waals surface area contributed by atoms with Crippen LogP contribution in [0.1, 0.15) is 37.5 Å². The van der Waals surface area contributed by atoms with Crippen molar-refractivity contribution in [3.05, 3.63) is 64.5 Å². The summed E-state index contributed by atoms with van der Waals surface area (Å²) in [6, 6.07) is 14.2. The van der Waals surface area contributed by atoms with Crippen molar-refractivity contribution in [2.24, 2.45) is 5.16 Å². The molecule has 1 heterocycles. The third-order valence-electron chi connectivity index (χ3n) is 4.33. The number of fused-ring (bicyclic) bond motifs is 1. The fourth-order valence-corrected chi connectivity index (χ4v) is 3.04. The van der Waals surface area contributed by atoms with Gasteiger partial charge >= 0.3 is 0 Å². The minimum Gasteiger partial charge on any atom is -0.456 e. The van der Waals surface area contributed by atoms with Gasteiger partial charge in [-0.3, -0.25) is 0 Å². The zero-order valence-corrected chi connectivity index (χ0v) is 14.8. The second-order valence-corrected chi connectivity index (χ2v) is 7.38. The van der Waals surface area contributed by atoms with Crippen molar-refractivity contribution in [3.8, 4) is 11.3 Å². The zero-order valence-electron chi connectivity index (χ0n) is 14.8. The Balaban J connectivity index is 2.21. The molecule has 0 amide bonds. The molecule has 0 radical (unpaired) electrons. The van der Waals surface area contributed by atoms with Gasteiger partial charge in [0.25, 0.3) is 0 Å². The highest BCUT2D eigenvalue weighted by Gasteiger charge is 2.14. The Bertz CT molecular complexity index is 958. The third kappa shape index (κ3) is 2.94. The van der Waals surface area contributed by atoms with Gasteiger partial charge in [0.15, 0.2) is 0 Å². The molecule has 0 fully saturated rings. The lowest BCUT2D eigenvalue weighted by molar-refractivity contribution is 0.302. The first-order chi connectivity index (χ1) is 11.3. The average Bonchev–Trinajstić information content (AvgIpc) is 2.52. The van der Waals surface area contributed by atoms with Crippen LogP contribution in [0.3, 0.4) is 0 Å². The first kappa shape index (κ1) is 16.3. The normalized spacial score (nSPS) is 12.8. The van der Waals surface area contributed by atoms with Crippen LogP contribution in [-0.2, 0) is 5.41 Å². The van der Waals surface area contributed by atoms with Gasteiger partial charge in [0.05, 0.1) is 0 Å². The van der Waals surface area contributed by atoms with E-state index in [1.54, 1.807) is 6.07 Å². The molecular weight excluding hydrogens is 298 g/mol. The van der Waals surface area contributed by atoms with E-state index < -0.39 is 0 Å². The molecule has 124 valence electrons. The van der Waals surface area contributed by atoms with Crippen molar-refractivity contribution < 1.29 is 9.62 Å². The van der Waals surface area contributed by atoms with Gasteiger partial charge in [0.2, 0.25) is 0 Å². The Morgan fingerprint density at radius 2 is 1.62 bits per heavy atom. The molecule has 0 bridgehead atoms. The molecule has 1 N–H and O–H groups in total. The lowest BCUT2D eigenvalue weighted by Gasteiger charge is -2.19. The molecule has 2 aromatic carbocycles. The molecule has 1 aromatic heterocycles. The molecule has 3 rings (SSSR count). The van der Waals surface area contributed by atoms with Gasteiger partial charge in [-0.25, -0.2) is 0 Å². The number of benzene rings is 2. The largest absolute Gasteiger partial charge is 0.456 e. The molecule has 0 unspecified atom stereocenters. The maximum atomic E-state index is 9.43. The predicted octanol–water partition coefficient (Wildman–Crippen LogP) is 5.30. The van der Waals surface area contributed by atoms with E-state index >= 15 is 0 Å². The van der Waals surface area contributed by atoms with Crippen LogP contribution in [0.5, 0.6) is 0 Å². The molecule has 0 aliphatic carbocycles. The van der Waals surface area contributed by atoms with Crippen LogP contribution in [0.15, 0.2) is 52.0 Å². The van der Waals surface area contributed by atoms with Crippen LogP contribution >= 0.6 is 0 Å². The molecular formula is C21H23NO2. The van der Waals surface area contributed by atoms with E-state index in [2.05, 4.69) is 56.3 Å². The van der Waals surface area contributed by atoms with Crippen LogP contribution in [-0.4, -0.2) is 5.21 Å². The number of hydrogen-bond donors (Lipinski definition) is 1. The summed E-state index contributed by atoms with van der Waals surface area (Å²) in [7, 11) is 0. The molecule has 0 aliphatic rings. The molecule has 0 saturated heterocycles. The van der Waals surface area contributed by atoms with Gasteiger partial charge < -0.3 is 9.62 Å². The zero-order chi connectivity index (χ0) is 17.5. The Kier molecular flexibility index (Phi) is 3.96. The highest BCUT2D eigenvalue weighted by Crippen LogP contribution is 2.28. The molecule has 3 nitrogen and oxygen atoms in total. The summed E-state index contributed by atoms with van der Waals surface area (Å²) in [5, 5.41) is 14.3. The van der Waals surface area contributed by atoms with E-state index in [9.17, 15) is 5.21 Å². The van der Waals surface area contributed by atoms with Crippen LogP contribution in [0, 0.1) is 13.8 Å². The maximum absolute atomic E-state index is 9.43. The summed E-state index contributed by atoms with van der Waals surface area (Å²) < 4.78 is 6.11. The Morgan fingerprint density at radius 1 is 0.958 bits per heavy atom. The van der Waals surface area contributed by atoms with E-state index in [1.165, 1.54) is 5.56 Å². The monoisotopic (exact) mass is 321 g/mol. The Morgan fingerprint density at radius 3 is 2.21 bits per heavy atom. The average molecular weight is 321 g/mol. The molecule has 0 spiro atoms. The number of aryl methyl sites for hydroxylation is 2. The van der Waals surface area contributed by atoms with Crippen LogP contribution in [0.25, 0.3) is 22.3 Å². The summed E-state index contributed by atoms with van der Waals surface area (Å²) in [5.41, 5.74) is 5.24. The molecule has 0 atom stereocenters. The minimum atomic E-state index is 0.110. The highest BCUT2D eigenvalue weighted by atomic mass is 16.4. The second kappa shape index (κ2) is 5.82. The molecule has 0 saturated carbocycles. The Hall–Kier alpha value is -2.55. The minimum absolute atomic E-state index is 0.110. The lowest BCUT2D eigenvalue weighted by Crippen LogP contribution is -2.10. The number of hydrogen-bond acceptors (Lipinski definition) is 3. The van der Waals surface area contributed by atoms with Crippen molar-refractivity contribution >= 4 is 11.0 Å². The number of rotatable bonds is 1. The van der Waals surface area contributed by atoms with Crippen LogP contribution in [0.2, 0.25) is 0 Å². The third-order valence-corrected chi connectivity index (χ3v) is 4.33. The Labute approximate surface area is 142 Å². The van der Waals surface area contributed by atoms with E-state index in [4.69, 9.17) is 4.42 Å². The van der Waals surface area contributed by atoms with Crippen molar-refractivity contribution in [1.82, 2.24) is 0 Å². The standard InChI is InChI=1S/C21H23NO2/c1-13-10-14(2)20-17(22-23)12-18(24-19(20)11-13)15-6-8-16(9-7-15)21(3,4)5/h6-12,23H,1-5H3. The number of nitrogens with zero attached hydrogens (tertiary/aromatic N) is 1. The van der Waals surface area contributed by atoms with E-state index in [1.807, 2.05) is 19.9 Å². The lowest BCUT2D eigenvalue weighted by atomic mass is 9.86. The van der Waals surface area contributed by atoms with E-state index in [0.29, 0.717) is 11.1 Å². The van der Waals surface area contributed by atoms with Gasteiger partial charge in [-0.1, -0.05) is 56.3 Å². The van der Waals surface area contributed by atoms with Crippen molar-refractivity contribution in [1.29, 1.82) is 0 Å². The van der Waals surface area contributed by atoms with E-state index in [0.717, 1.165) is 27.7 Å². The molecule has 24 heavy (non-hydrogen) atoms. The van der Waals surface area contributed by atoms with Crippen LogP contribution < -0.4 is 5.36 Å². The molecule has 3 heteroatoms. The van der Waals surface area contributed by atoms with Gasteiger partial charge in [0, 0.05) is 17.0 Å². The smallest absolute Gasteiger partial charge is 0.137 e. The topological polar surface area (TPSA) is 45.7 Å². The first-order valence-corrected chi connectivity index (χ1v) is 8.14. The summed E-state index contributed by atoms with van der Waals surface area (Å²) in [6.07, 6.45) is 0. The highest BCUT2D eigenvalue weighted by molar-refractivity contribution is 5.82. The van der Waals surface area contributed by atoms with E-state index in [-0.39, 0.29) is 5.41 Å². The quantitative estimate of drug-likeness (QED) is 0.488. The molecule has 0 aliphatic heterocycles. The fourth-order valence-electron chi connectivity index (χ4n) is 3.04. The fraction of sp³-hybridized carbons (Fsp3) is 0.286. The van der Waals surface area contributed by atoms with Crippen molar-refractivity contribution in [3.63, 3.8) is 0 Å². The summed E-state index contributed by atoms with van der Waals surface area (Å²) in [5.74, 6) is 0.695. The second-order valence-electron chi connectivity index (χ2n) is 7.38. The van der Waals surface area contributed by atoms with Crippen LogP contribution in [0.4, 0.5) is 0 Å². The summed E-state index contributed by atoms with van der Waals surface area (Å²) in [4.78, 5) is 0. The van der Waals surface area contributed by atoms with Gasteiger partial charge in [-0.05, 0) is 42.0 Å². The maximum Gasteiger partial charge on any atom is 0.137 e. The van der Waals surface area contributed by atoms with Gasteiger partial charge in [-0.2, -0.15) is 0 Å². The van der Waals surface area contributed by atoms with Gasteiger partial charge in [0.1, 0.15) is 16.7 Å². The summed E-state index contributed by atoms with van der Waals surface area (Å²) >= 11 is 0. The SMILES string of the molecule is Cc1cc(C)c2c(=NO)cc(-c3ccc(C(C)(C)C)cc3)oc2c1.